The van der Waals surface area contributed by atoms with Crippen molar-refractivity contribution >= 4 is 22.6 Å². The molecule has 0 saturated carbocycles. The van der Waals surface area contributed by atoms with Gasteiger partial charge in [0.2, 0.25) is 0 Å². The molecule has 188 valence electrons. The van der Waals surface area contributed by atoms with Crippen molar-refractivity contribution in [1.82, 2.24) is 0 Å². The zero-order valence-electron chi connectivity index (χ0n) is 21.8. The zero-order valence-corrected chi connectivity index (χ0v) is 24.0. The molecule has 2 aliphatic heterocycles. The maximum atomic E-state index is 5.96. The molecular formula is C34H33IO2. The van der Waals surface area contributed by atoms with Crippen LogP contribution in [0.4, 0.5) is 0 Å². The molecule has 0 bridgehead atoms. The van der Waals surface area contributed by atoms with Gasteiger partial charge in [0.1, 0.15) is 0 Å². The molecule has 2 nitrogen and oxygen atoms in total. The largest absolute Gasteiger partial charge is 0.372 e. The van der Waals surface area contributed by atoms with Crippen molar-refractivity contribution in [1.29, 1.82) is 0 Å². The summed E-state index contributed by atoms with van der Waals surface area (Å²) in [7, 11) is 0. The number of aryl methyl sites for hydroxylation is 2. The molecule has 37 heavy (non-hydrogen) atoms. The molecule has 0 atom stereocenters. The van der Waals surface area contributed by atoms with Crippen LogP contribution in [0.15, 0.2) is 42.5 Å². The highest BCUT2D eigenvalue weighted by molar-refractivity contribution is 14.1. The van der Waals surface area contributed by atoms with E-state index in [-0.39, 0.29) is 0 Å². The quantitative estimate of drug-likeness (QED) is 0.212. The second-order valence-electron chi connectivity index (χ2n) is 9.83. The highest BCUT2D eigenvalue weighted by Gasteiger charge is 2.23. The molecule has 2 aliphatic rings. The second-order valence-corrected chi connectivity index (χ2v) is 10.9. The van der Waals surface area contributed by atoms with Gasteiger partial charge in [-0.3, -0.25) is 0 Å². The molecule has 2 heterocycles. The second kappa shape index (κ2) is 12.3. The van der Waals surface area contributed by atoms with Crippen LogP contribution in [0.25, 0.3) is 0 Å². The Hall–Kier alpha value is -2.57. The van der Waals surface area contributed by atoms with E-state index in [0.717, 1.165) is 47.9 Å². The molecule has 0 aromatic heterocycles. The van der Waals surface area contributed by atoms with Crippen LogP contribution >= 0.6 is 22.6 Å². The molecule has 3 aromatic carbocycles. The highest BCUT2D eigenvalue weighted by atomic mass is 127. The van der Waals surface area contributed by atoms with Gasteiger partial charge in [-0.2, -0.15) is 0 Å². The summed E-state index contributed by atoms with van der Waals surface area (Å²) < 4.78 is 13.2. The monoisotopic (exact) mass is 600 g/mol. The molecule has 5 rings (SSSR count). The number of hydrogen-bond acceptors (Lipinski definition) is 2. The van der Waals surface area contributed by atoms with Crippen molar-refractivity contribution in [2.24, 2.45) is 0 Å². The average Bonchev–Trinajstić information content (AvgIpc) is 3.62. The van der Waals surface area contributed by atoms with Crippen molar-refractivity contribution in [3.05, 3.63) is 102 Å². The minimum absolute atomic E-state index is 0.602. The summed E-state index contributed by atoms with van der Waals surface area (Å²) >= 11 is 2.51. The Bertz CT molecular complexity index is 1410. The van der Waals surface area contributed by atoms with Gasteiger partial charge in [-0.05, 0) is 94.8 Å². The van der Waals surface area contributed by atoms with Crippen LogP contribution < -0.4 is 0 Å². The fourth-order valence-corrected chi connectivity index (χ4v) is 5.99. The molecule has 0 spiro atoms. The fourth-order valence-electron chi connectivity index (χ4n) is 5.09. The summed E-state index contributed by atoms with van der Waals surface area (Å²) in [6.07, 6.45) is 6.76. The molecule has 3 aromatic rings. The van der Waals surface area contributed by atoms with Crippen molar-refractivity contribution in [3.8, 4) is 23.7 Å². The lowest BCUT2D eigenvalue weighted by molar-refractivity contribution is 0.134. The van der Waals surface area contributed by atoms with Gasteiger partial charge in [0.15, 0.2) is 0 Å². The van der Waals surface area contributed by atoms with E-state index in [1.165, 1.54) is 49.8 Å². The van der Waals surface area contributed by atoms with Crippen LogP contribution in [0.5, 0.6) is 0 Å². The van der Waals surface area contributed by atoms with Crippen LogP contribution in [0, 0.1) is 27.3 Å². The molecule has 0 fully saturated rings. The van der Waals surface area contributed by atoms with Crippen LogP contribution in [-0.4, -0.2) is 0 Å². The van der Waals surface area contributed by atoms with E-state index in [1.54, 1.807) is 0 Å². The van der Waals surface area contributed by atoms with E-state index >= 15 is 0 Å². The van der Waals surface area contributed by atoms with Gasteiger partial charge in [-0.25, -0.2) is 0 Å². The normalized spacial score (nSPS) is 13.4. The Kier molecular flexibility index (Phi) is 8.67. The SMILES string of the molecule is CCCCc1cc(C#Cc2c(CCCC)cc(C#Cc3ccccc3)c3c2COC3)c2c(c1I)COC2. The third-order valence-corrected chi connectivity index (χ3v) is 8.55. The fraction of sp³-hybridized carbons (Fsp3) is 0.353. The minimum Gasteiger partial charge on any atom is -0.372 e. The van der Waals surface area contributed by atoms with E-state index in [4.69, 9.17) is 9.47 Å². The van der Waals surface area contributed by atoms with Gasteiger partial charge in [-0.15, -0.1) is 0 Å². The first kappa shape index (κ1) is 26.1. The van der Waals surface area contributed by atoms with E-state index < -0.39 is 0 Å². The lowest BCUT2D eigenvalue weighted by atomic mass is 9.90. The Morgan fingerprint density at radius 3 is 1.95 bits per heavy atom. The summed E-state index contributed by atoms with van der Waals surface area (Å²) in [4.78, 5) is 0. The molecule has 0 saturated heterocycles. The smallest absolute Gasteiger partial charge is 0.0737 e. The van der Waals surface area contributed by atoms with Crippen molar-refractivity contribution in [2.45, 2.75) is 78.8 Å². The Morgan fingerprint density at radius 2 is 1.24 bits per heavy atom. The molecule has 0 radical (unpaired) electrons. The third kappa shape index (κ3) is 5.80. The maximum absolute atomic E-state index is 5.96. The number of halogens is 1. The number of ether oxygens (including phenoxy) is 2. The van der Waals surface area contributed by atoms with Crippen molar-refractivity contribution in [3.63, 3.8) is 0 Å². The van der Waals surface area contributed by atoms with Gasteiger partial charge in [0.05, 0.1) is 26.4 Å². The summed E-state index contributed by atoms with van der Waals surface area (Å²) in [5, 5.41) is 0. The molecule has 0 unspecified atom stereocenters. The number of hydrogen-bond donors (Lipinski definition) is 0. The van der Waals surface area contributed by atoms with Crippen molar-refractivity contribution in [2.75, 3.05) is 0 Å². The van der Waals surface area contributed by atoms with E-state index in [0.29, 0.717) is 26.4 Å². The van der Waals surface area contributed by atoms with Gasteiger partial charge in [-0.1, -0.05) is 68.6 Å². The standard InChI is InChI=1S/C34H33IO2/c1-3-5-12-25-18-26(15-14-24-10-8-7-9-11-24)30-20-36-22-32(30)29(25)17-16-27-19-28(13-6-4-2)34(35)33-23-37-21-31(27)33/h7-11,18-19H,3-6,12-13,20-23H2,1-2H3. The van der Waals surface area contributed by atoms with E-state index in [2.05, 4.69) is 84.4 Å². The first-order valence-electron chi connectivity index (χ1n) is 13.4. The summed E-state index contributed by atoms with van der Waals surface area (Å²) in [6, 6.07) is 14.8. The Labute approximate surface area is 235 Å². The topological polar surface area (TPSA) is 18.5 Å². The van der Waals surface area contributed by atoms with E-state index in [1.807, 2.05) is 18.2 Å². The molecule has 0 aliphatic carbocycles. The first-order chi connectivity index (χ1) is 18.2. The molecular weight excluding hydrogens is 567 g/mol. The van der Waals surface area contributed by atoms with Crippen LogP contribution in [-0.2, 0) is 48.7 Å². The minimum atomic E-state index is 0.602. The first-order valence-corrected chi connectivity index (χ1v) is 14.5. The lowest BCUT2D eigenvalue weighted by Gasteiger charge is -2.12. The van der Waals surface area contributed by atoms with Gasteiger partial charge in [0, 0.05) is 37.0 Å². The third-order valence-electron chi connectivity index (χ3n) is 7.21. The van der Waals surface area contributed by atoms with Crippen molar-refractivity contribution < 1.29 is 9.47 Å². The Morgan fingerprint density at radius 1 is 0.676 bits per heavy atom. The van der Waals surface area contributed by atoms with Crippen LogP contribution in [0.1, 0.15) is 95.2 Å². The molecule has 0 N–H and O–H groups in total. The summed E-state index contributed by atoms with van der Waals surface area (Å²) in [5.74, 6) is 14.0. The van der Waals surface area contributed by atoms with Crippen LogP contribution in [0.3, 0.4) is 0 Å². The number of unbranched alkanes of at least 4 members (excludes halogenated alkanes) is 2. The van der Waals surface area contributed by atoms with Gasteiger partial charge < -0.3 is 9.47 Å². The zero-order chi connectivity index (χ0) is 25.6. The predicted octanol–water partition coefficient (Wildman–Crippen LogP) is 7.84. The summed E-state index contributed by atoms with van der Waals surface area (Å²) in [5.41, 5.74) is 12.1. The highest BCUT2D eigenvalue weighted by Crippen LogP contribution is 2.33. The number of fused-ring (bicyclic) bond motifs is 2. The van der Waals surface area contributed by atoms with Crippen LogP contribution in [0.2, 0.25) is 0 Å². The molecule has 0 amide bonds. The summed E-state index contributed by atoms with van der Waals surface area (Å²) in [6.45, 7) is 7.05. The number of rotatable bonds is 6. The maximum Gasteiger partial charge on any atom is 0.0737 e. The predicted molar refractivity (Wildman–Crippen MR) is 158 cm³/mol. The average molecular weight is 601 g/mol. The lowest BCUT2D eigenvalue weighted by Crippen LogP contribution is -2.02. The number of benzene rings is 3. The Balaban J connectivity index is 1.59. The van der Waals surface area contributed by atoms with Gasteiger partial charge >= 0.3 is 0 Å². The molecule has 3 heteroatoms. The van der Waals surface area contributed by atoms with E-state index in [9.17, 15) is 0 Å². The van der Waals surface area contributed by atoms with Gasteiger partial charge in [0.25, 0.3) is 0 Å².